The van der Waals surface area contributed by atoms with Crippen LogP contribution in [0.25, 0.3) is 0 Å². The minimum atomic E-state index is -0.0215. The van der Waals surface area contributed by atoms with Gasteiger partial charge in [0, 0.05) is 12.6 Å². The number of benzene rings is 1. The Hall–Kier alpha value is -0.860. The molecule has 0 saturated carbocycles. The third-order valence-corrected chi connectivity index (χ3v) is 2.57. The first kappa shape index (κ1) is 11.2. The van der Waals surface area contributed by atoms with Crippen LogP contribution in [-0.2, 0) is 12.8 Å². The zero-order valence-corrected chi connectivity index (χ0v) is 9.09. The van der Waals surface area contributed by atoms with E-state index >= 15 is 0 Å². The normalized spacial score (nSPS) is 12.9. The Labute approximate surface area is 86.3 Å². The molecule has 0 saturated heterocycles. The first-order valence-corrected chi connectivity index (χ1v) is 5.29. The van der Waals surface area contributed by atoms with E-state index in [-0.39, 0.29) is 6.04 Å². The van der Waals surface area contributed by atoms with Crippen molar-refractivity contribution in [3.63, 3.8) is 0 Å². The molecule has 0 amide bonds. The topological polar surface area (TPSA) is 52.0 Å². The highest BCUT2D eigenvalue weighted by molar-refractivity contribution is 5.32. The molecule has 0 aliphatic heterocycles. The fourth-order valence-electron chi connectivity index (χ4n) is 1.55. The third kappa shape index (κ3) is 2.56. The zero-order chi connectivity index (χ0) is 10.6. The average Bonchev–Trinajstić information content (AvgIpc) is 2.27. The van der Waals surface area contributed by atoms with E-state index in [0.29, 0.717) is 6.54 Å². The number of aryl methyl sites for hydroxylation is 2. The van der Waals surface area contributed by atoms with Crippen molar-refractivity contribution in [2.45, 2.75) is 32.7 Å². The van der Waals surface area contributed by atoms with Gasteiger partial charge < -0.3 is 11.5 Å². The summed E-state index contributed by atoms with van der Waals surface area (Å²) in [4.78, 5) is 0. The smallest absolute Gasteiger partial charge is 0.0419 e. The van der Waals surface area contributed by atoms with Crippen LogP contribution in [0.4, 0.5) is 0 Å². The van der Waals surface area contributed by atoms with Crippen LogP contribution >= 0.6 is 0 Å². The van der Waals surface area contributed by atoms with Gasteiger partial charge in [0.25, 0.3) is 0 Å². The average molecular weight is 192 g/mol. The van der Waals surface area contributed by atoms with Crippen LogP contribution in [0.15, 0.2) is 18.2 Å². The summed E-state index contributed by atoms with van der Waals surface area (Å²) >= 11 is 0. The van der Waals surface area contributed by atoms with Crippen molar-refractivity contribution in [3.05, 3.63) is 34.9 Å². The Balaban J connectivity index is 3.04. The van der Waals surface area contributed by atoms with Gasteiger partial charge in [0.05, 0.1) is 0 Å². The molecular formula is C12H20N2. The molecule has 1 rings (SSSR count). The Morgan fingerprint density at radius 2 is 1.57 bits per heavy atom. The lowest BCUT2D eigenvalue weighted by molar-refractivity contribution is 0.734. The van der Waals surface area contributed by atoms with Crippen LogP contribution in [0.2, 0.25) is 0 Å². The molecular weight excluding hydrogens is 172 g/mol. The molecule has 0 heterocycles. The summed E-state index contributed by atoms with van der Waals surface area (Å²) in [5, 5.41) is 0. The standard InChI is InChI=1S/C12H20N2/c1-3-9-5-10(4-2)7-11(6-9)12(14)8-13/h5-7,12H,3-4,8,13-14H2,1-2H3. The molecule has 0 fully saturated rings. The van der Waals surface area contributed by atoms with Gasteiger partial charge in [-0.15, -0.1) is 0 Å². The van der Waals surface area contributed by atoms with Gasteiger partial charge in [-0.1, -0.05) is 32.0 Å². The van der Waals surface area contributed by atoms with Gasteiger partial charge in [-0.2, -0.15) is 0 Å². The van der Waals surface area contributed by atoms with Crippen molar-refractivity contribution in [2.24, 2.45) is 11.5 Å². The molecule has 2 heteroatoms. The molecule has 0 bridgehead atoms. The van der Waals surface area contributed by atoms with Crippen molar-refractivity contribution in [1.82, 2.24) is 0 Å². The van der Waals surface area contributed by atoms with Gasteiger partial charge in [0.2, 0.25) is 0 Å². The monoisotopic (exact) mass is 192 g/mol. The molecule has 1 aromatic carbocycles. The van der Waals surface area contributed by atoms with E-state index in [0.717, 1.165) is 12.8 Å². The van der Waals surface area contributed by atoms with Crippen LogP contribution in [0.3, 0.4) is 0 Å². The third-order valence-electron chi connectivity index (χ3n) is 2.57. The van der Waals surface area contributed by atoms with E-state index in [4.69, 9.17) is 11.5 Å². The number of hydrogen-bond donors (Lipinski definition) is 2. The van der Waals surface area contributed by atoms with E-state index in [2.05, 4.69) is 32.0 Å². The molecule has 0 aliphatic carbocycles. The number of hydrogen-bond acceptors (Lipinski definition) is 2. The summed E-state index contributed by atoms with van der Waals surface area (Å²) in [6.45, 7) is 4.83. The largest absolute Gasteiger partial charge is 0.329 e. The van der Waals surface area contributed by atoms with Crippen molar-refractivity contribution in [2.75, 3.05) is 6.54 Å². The second kappa shape index (κ2) is 5.13. The minimum Gasteiger partial charge on any atom is -0.329 e. The number of nitrogens with two attached hydrogens (primary N) is 2. The van der Waals surface area contributed by atoms with E-state index in [1.807, 2.05) is 0 Å². The minimum absolute atomic E-state index is 0.0215. The Morgan fingerprint density at radius 1 is 1.07 bits per heavy atom. The Bertz CT molecular complexity index is 272. The summed E-state index contributed by atoms with van der Waals surface area (Å²) < 4.78 is 0. The quantitative estimate of drug-likeness (QED) is 0.764. The molecule has 14 heavy (non-hydrogen) atoms. The molecule has 1 atom stereocenters. The fourth-order valence-corrected chi connectivity index (χ4v) is 1.55. The lowest BCUT2D eigenvalue weighted by Gasteiger charge is -2.12. The molecule has 1 unspecified atom stereocenters. The van der Waals surface area contributed by atoms with Gasteiger partial charge in [-0.3, -0.25) is 0 Å². The van der Waals surface area contributed by atoms with Crippen LogP contribution in [0.5, 0.6) is 0 Å². The van der Waals surface area contributed by atoms with Crippen LogP contribution in [-0.4, -0.2) is 6.54 Å². The number of rotatable bonds is 4. The van der Waals surface area contributed by atoms with Crippen molar-refractivity contribution < 1.29 is 0 Å². The zero-order valence-electron chi connectivity index (χ0n) is 9.09. The summed E-state index contributed by atoms with van der Waals surface area (Å²) in [7, 11) is 0. The van der Waals surface area contributed by atoms with Gasteiger partial charge in [-0.25, -0.2) is 0 Å². The lowest BCUT2D eigenvalue weighted by atomic mass is 9.98. The summed E-state index contributed by atoms with van der Waals surface area (Å²) in [5.41, 5.74) is 15.3. The second-order valence-corrected chi connectivity index (χ2v) is 3.63. The molecule has 4 N–H and O–H groups in total. The first-order valence-electron chi connectivity index (χ1n) is 5.29. The van der Waals surface area contributed by atoms with Crippen LogP contribution in [0.1, 0.15) is 36.6 Å². The second-order valence-electron chi connectivity index (χ2n) is 3.63. The fraction of sp³-hybridized carbons (Fsp3) is 0.500. The van der Waals surface area contributed by atoms with Gasteiger partial charge in [-0.05, 0) is 29.5 Å². The SMILES string of the molecule is CCc1cc(CC)cc(C(N)CN)c1. The molecule has 0 spiro atoms. The van der Waals surface area contributed by atoms with E-state index in [9.17, 15) is 0 Å². The van der Waals surface area contributed by atoms with Gasteiger partial charge in [0.1, 0.15) is 0 Å². The molecule has 0 radical (unpaired) electrons. The summed E-state index contributed by atoms with van der Waals surface area (Å²) in [5.74, 6) is 0. The van der Waals surface area contributed by atoms with E-state index in [1.165, 1.54) is 16.7 Å². The molecule has 78 valence electrons. The van der Waals surface area contributed by atoms with Crippen molar-refractivity contribution in [3.8, 4) is 0 Å². The highest BCUT2D eigenvalue weighted by Crippen LogP contribution is 2.16. The predicted molar refractivity (Wildman–Crippen MR) is 61.2 cm³/mol. The first-order chi connectivity index (χ1) is 6.71. The lowest BCUT2D eigenvalue weighted by Crippen LogP contribution is -2.21. The van der Waals surface area contributed by atoms with Crippen LogP contribution in [0, 0.1) is 0 Å². The Morgan fingerprint density at radius 3 is 1.93 bits per heavy atom. The molecule has 1 aromatic rings. The molecule has 0 aromatic heterocycles. The van der Waals surface area contributed by atoms with Gasteiger partial charge >= 0.3 is 0 Å². The highest BCUT2D eigenvalue weighted by Gasteiger charge is 2.05. The van der Waals surface area contributed by atoms with Crippen LogP contribution < -0.4 is 11.5 Å². The maximum atomic E-state index is 5.92. The summed E-state index contributed by atoms with van der Waals surface area (Å²) in [6.07, 6.45) is 2.11. The van der Waals surface area contributed by atoms with E-state index in [1.54, 1.807) is 0 Å². The van der Waals surface area contributed by atoms with E-state index < -0.39 is 0 Å². The highest BCUT2D eigenvalue weighted by atomic mass is 14.7. The van der Waals surface area contributed by atoms with Gasteiger partial charge in [0.15, 0.2) is 0 Å². The maximum absolute atomic E-state index is 5.92. The molecule has 2 nitrogen and oxygen atoms in total. The Kier molecular flexibility index (Phi) is 4.11. The van der Waals surface area contributed by atoms with Crippen molar-refractivity contribution >= 4 is 0 Å². The summed E-state index contributed by atoms with van der Waals surface area (Å²) in [6, 6.07) is 6.55. The maximum Gasteiger partial charge on any atom is 0.0419 e. The van der Waals surface area contributed by atoms with Crippen molar-refractivity contribution in [1.29, 1.82) is 0 Å². The molecule has 0 aliphatic rings. The predicted octanol–water partition coefficient (Wildman–Crippen LogP) is 1.77.